The normalized spacial score (nSPS) is 15.9. The lowest BCUT2D eigenvalue weighted by Crippen LogP contribution is -2.42. The van der Waals surface area contributed by atoms with Gasteiger partial charge in [0.15, 0.2) is 0 Å². The lowest BCUT2D eigenvalue weighted by atomic mass is 10.0. The first-order valence-corrected chi connectivity index (χ1v) is 11.1. The Morgan fingerprint density at radius 3 is 2.44 bits per heavy atom. The number of aromatic amines is 1. The fourth-order valence-electron chi connectivity index (χ4n) is 4.01. The van der Waals surface area contributed by atoms with Crippen LogP contribution in [0.1, 0.15) is 35.4 Å². The van der Waals surface area contributed by atoms with Crippen LogP contribution in [-0.4, -0.2) is 34.0 Å². The summed E-state index contributed by atoms with van der Waals surface area (Å²) in [5.74, 6) is 0.600. The maximum atomic E-state index is 12.8. The van der Waals surface area contributed by atoms with Gasteiger partial charge in [-0.3, -0.25) is 4.90 Å². The molecule has 3 aromatic rings. The summed E-state index contributed by atoms with van der Waals surface area (Å²) in [5.41, 5.74) is 2.98. The molecular weight excluding hydrogens is 437 g/mol. The van der Waals surface area contributed by atoms with E-state index in [1.54, 1.807) is 0 Å². The number of rotatable bonds is 6. The quantitative estimate of drug-likeness (QED) is 0.485. The number of nitrogens with one attached hydrogen (secondary N) is 2. The first kappa shape index (κ1) is 22.8. The second-order valence-electron chi connectivity index (χ2n) is 8.25. The summed E-state index contributed by atoms with van der Waals surface area (Å²) < 4.78 is 38.4. The summed E-state index contributed by atoms with van der Waals surface area (Å²) in [7, 11) is 0. The maximum Gasteiger partial charge on any atom is 0.416 e. The molecule has 170 valence electrons. The van der Waals surface area contributed by atoms with Gasteiger partial charge in [0.1, 0.15) is 5.82 Å². The van der Waals surface area contributed by atoms with E-state index in [2.05, 4.69) is 20.2 Å². The molecular formula is C24H26ClF3N4. The molecule has 2 aromatic carbocycles. The topological polar surface area (TPSA) is 44.0 Å². The molecule has 2 heterocycles. The minimum Gasteiger partial charge on any atom is -0.342 e. The number of benzene rings is 2. The van der Waals surface area contributed by atoms with E-state index in [9.17, 15) is 13.2 Å². The highest BCUT2D eigenvalue weighted by Crippen LogP contribution is 2.30. The van der Waals surface area contributed by atoms with Crippen LogP contribution in [0.5, 0.6) is 0 Å². The van der Waals surface area contributed by atoms with Gasteiger partial charge in [-0.1, -0.05) is 41.9 Å². The van der Waals surface area contributed by atoms with E-state index in [4.69, 9.17) is 11.6 Å². The Morgan fingerprint density at radius 1 is 1.09 bits per heavy atom. The summed E-state index contributed by atoms with van der Waals surface area (Å²) in [4.78, 5) is 10.2. The third-order valence-electron chi connectivity index (χ3n) is 5.97. The number of halogens is 4. The molecule has 0 aliphatic carbocycles. The zero-order valence-corrected chi connectivity index (χ0v) is 18.6. The molecule has 0 radical (unpaired) electrons. The van der Waals surface area contributed by atoms with Crippen LogP contribution in [0.15, 0.2) is 48.5 Å². The molecule has 1 saturated heterocycles. The summed E-state index contributed by atoms with van der Waals surface area (Å²) >= 11 is 6.24. The molecule has 0 atom stereocenters. The van der Waals surface area contributed by atoms with Crippen molar-refractivity contribution in [2.24, 2.45) is 0 Å². The average Bonchev–Trinajstić information content (AvgIpc) is 3.14. The SMILES string of the molecule is Cc1[nH]c(-c2ccc(C(F)(F)F)cc2)nc1CN1CCC(NCc2ccccc2Cl)CC1. The molecule has 1 aromatic heterocycles. The standard InChI is InChI=1S/C24H26ClF3N4/c1-16-22(31-23(30-16)17-6-8-19(9-7-17)24(26,27)28)15-32-12-10-20(11-13-32)29-14-18-4-2-3-5-21(18)25/h2-9,20,29H,10-15H2,1H3,(H,30,31). The van der Waals surface area contributed by atoms with Crippen molar-refractivity contribution < 1.29 is 13.2 Å². The molecule has 1 fully saturated rings. The van der Waals surface area contributed by atoms with Crippen molar-refractivity contribution in [3.63, 3.8) is 0 Å². The fraction of sp³-hybridized carbons (Fsp3) is 0.375. The molecule has 0 spiro atoms. The van der Waals surface area contributed by atoms with Crippen molar-refractivity contribution in [3.05, 3.63) is 76.1 Å². The van der Waals surface area contributed by atoms with Gasteiger partial charge in [-0.15, -0.1) is 0 Å². The number of imidazole rings is 1. The van der Waals surface area contributed by atoms with Crippen LogP contribution < -0.4 is 5.32 Å². The number of aryl methyl sites for hydroxylation is 1. The van der Waals surface area contributed by atoms with E-state index in [1.807, 2.05) is 31.2 Å². The first-order chi connectivity index (χ1) is 15.3. The van der Waals surface area contributed by atoms with Gasteiger partial charge in [0.25, 0.3) is 0 Å². The van der Waals surface area contributed by atoms with E-state index >= 15 is 0 Å². The number of H-pyrrole nitrogens is 1. The van der Waals surface area contributed by atoms with Gasteiger partial charge in [0, 0.05) is 48.5 Å². The number of hydrogen-bond donors (Lipinski definition) is 2. The fourth-order valence-corrected chi connectivity index (χ4v) is 4.21. The Hall–Kier alpha value is -2.35. The van der Waals surface area contributed by atoms with Crippen LogP contribution in [-0.2, 0) is 19.3 Å². The average molecular weight is 463 g/mol. The molecule has 4 rings (SSSR count). The van der Waals surface area contributed by atoms with Crippen molar-refractivity contribution in [1.29, 1.82) is 0 Å². The molecule has 8 heteroatoms. The van der Waals surface area contributed by atoms with Crippen LogP contribution in [0.25, 0.3) is 11.4 Å². The molecule has 0 amide bonds. The zero-order valence-electron chi connectivity index (χ0n) is 17.8. The minimum atomic E-state index is -4.34. The van der Waals surface area contributed by atoms with Gasteiger partial charge in [-0.05, 0) is 43.5 Å². The largest absolute Gasteiger partial charge is 0.416 e. The zero-order chi connectivity index (χ0) is 22.7. The first-order valence-electron chi connectivity index (χ1n) is 10.7. The van der Waals surface area contributed by atoms with E-state index in [-0.39, 0.29) is 0 Å². The highest BCUT2D eigenvalue weighted by Gasteiger charge is 2.30. The van der Waals surface area contributed by atoms with E-state index in [1.165, 1.54) is 12.1 Å². The monoisotopic (exact) mass is 462 g/mol. The van der Waals surface area contributed by atoms with Crippen molar-refractivity contribution in [2.45, 2.75) is 45.1 Å². The third kappa shape index (κ3) is 5.52. The number of hydrogen-bond acceptors (Lipinski definition) is 3. The van der Waals surface area contributed by atoms with Gasteiger partial charge in [0.2, 0.25) is 0 Å². The Kier molecular flexibility index (Phi) is 6.88. The predicted octanol–water partition coefficient (Wildman–Crippen LogP) is 5.81. The molecule has 0 bridgehead atoms. The third-order valence-corrected chi connectivity index (χ3v) is 6.34. The van der Waals surface area contributed by atoms with Gasteiger partial charge >= 0.3 is 6.18 Å². The number of piperidine rings is 1. The summed E-state index contributed by atoms with van der Waals surface area (Å²) in [6.45, 7) is 5.36. The number of alkyl halides is 3. The lowest BCUT2D eigenvalue weighted by Gasteiger charge is -2.32. The van der Waals surface area contributed by atoms with Gasteiger partial charge in [-0.2, -0.15) is 13.2 Å². The smallest absolute Gasteiger partial charge is 0.342 e. The second kappa shape index (κ2) is 9.65. The van der Waals surface area contributed by atoms with Gasteiger partial charge in [-0.25, -0.2) is 4.98 Å². The van der Waals surface area contributed by atoms with E-state index in [0.29, 0.717) is 17.4 Å². The van der Waals surface area contributed by atoms with Crippen LogP contribution in [0.3, 0.4) is 0 Å². The van der Waals surface area contributed by atoms with Crippen LogP contribution in [0, 0.1) is 6.92 Å². The lowest BCUT2D eigenvalue weighted by molar-refractivity contribution is -0.137. The van der Waals surface area contributed by atoms with E-state index in [0.717, 1.165) is 73.1 Å². The Morgan fingerprint density at radius 2 is 1.78 bits per heavy atom. The van der Waals surface area contributed by atoms with Crippen molar-refractivity contribution in [2.75, 3.05) is 13.1 Å². The number of likely N-dealkylation sites (tertiary alicyclic amines) is 1. The molecule has 0 unspecified atom stereocenters. The van der Waals surface area contributed by atoms with Crippen LogP contribution in [0.2, 0.25) is 5.02 Å². The Bertz CT molecular complexity index is 1040. The maximum absolute atomic E-state index is 12.8. The minimum absolute atomic E-state index is 0.450. The molecule has 2 N–H and O–H groups in total. The molecule has 4 nitrogen and oxygen atoms in total. The molecule has 32 heavy (non-hydrogen) atoms. The summed E-state index contributed by atoms with van der Waals surface area (Å²) in [6, 6.07) is 13.4. The van der Waals surface area contributed by atoms with Crippen molar-refractivity contribution in [3.8, 4) is 11.4 Å². The predicted molar refractivity (Wildman–Crippen MR) is 120 cm³/mol. The summed E-state index contributed by atoms with van der Waals surface area (Å²) in [6.07, 6.45) is -2.25. The van der Waals surface area contributed by atoms with Crippen molar-refractivity contribution in [1.82, 2.24) is 20.2 Å². The highest BCUT2D eigenvalue weighted by atomic mass is 35.5. The summed E-state index contributed by atoms with van der Waals surface area (Å²) in [5, 5.41) is 4.39. The van der Waals surface area contributed by atoms with Crippen LogP contribution in [0.4, 0.5) is 13.2 Å². The van der Waals surface area contributed by atoms with Crippen molar-refractivity contribution >= 4 is 11.6 Å². The molecule has 0 saturated carbocycles. The van der Waals surface area contributed by atoms with Gasteiger partial charge in [0.05, 0.1) is 11.3 Å². The number of nitrogens with zero attached hydrogens (tertiary/aromatic N) is 2. The molecule has 1 aliphatic rings. The Labute approximate surface area is 190 Å². The highest BCUT2D eigenvalue weighted by molar-refractivity contribution is 6.31. The van der Waals surface area contributed by atoms with Gasteiger partial charge < -0.3 is 10.3 Å². The Balaban J connectivity index is 1.31. The van der Waals surface area contributed by atoms with E-state index < -0.39 is 11.7 Å². The second-order valence-corrected chi connectivity index (χ2v) is 8.66. The molecule has 1 aliphatic heterocycles. The number of aromatic nitrogens is 2. The van der Waals surface area contributed by atoms with Crippen LogP contribution >= 0.6 is 11.6 Å².